The molecule has 0 saturated carbocycles. The quantitative estimate of drug-likeness (QED) is 0.472. The Hall–Kier alpha value is -1.82. The molecule has 0 saturated heterocycles. The third-order valence-electron chi connectivity index (χ3n) is 3.55. The highest BCUT2D eigenvalue weighted by molar-refractivity contribution is 6.10. The van der Waals surface area contributed by atoms with E-state index < -0.39 is 0 Å². The van der Waals surface area contributed by atoms with Crippen LogP contribution in [-0.4, -0.2) is 0 Å². The summed E-state index contributed by atoms with van der Waals surface area (Å²) < 4.78 is 0. The smallest absolute Gasteiger partial charge is 0.00734 e. The van der Waals surface area contributed by atoms with Crippen molar-refractivity contribution < 1.29 is 0 Å². The first kappa shape index (κ1) is 10.3. The topological polar surface area (TPSA) is 0 Å². The molecule has 0 aliphatic rings. The summed E-state index contributed by atoms with van der Waals surface area (Å²) in [6, 6.07) is 15.6. The van der Waals surface area contributed by atoms with Gasteiger partial charge in [-0.1, -0.05) is 48.0 Å². The average Bonchev–Trinajstić information content (AvgIpc) is 2.30. The summed E-state index contributed by atoms with van der Waals surface area (Å²) in [6.45, 7) is 6.55. The first-order valence-electron chi connectivity index (χ1n) is 6.06. The molecule has 0 N–H and O–H groups in total. The van der Waals surface area contributed by atoms with Gasteiger partial charge in [0, 0.05) is 0 Å². The lowest BCUT2D eigenvalue weighted by Gasteiger charge is -2.10. The van der Waals surface area contributed by atoms with Crippen LogP contribution in [0.25, 0.3) is 21.5 Å². The minimum absolute atomic E-state index is 1.32. The monoisotopic (exact) mass is 220 g/mol. The van der Waals surface area contributed by atoms with Gasteiger partial charge in [0.15, 0.2) is 0 Å². The summed E-state index contributed by atoms with van der Waals surface area (Å²) in [7, 11) is 0. The molecule has 0 radical (unpaired) electrons. The number of hydrogen-bond donors (Lipinski definition) is 0. The standard InChI is InChI=1S/C17H16/c1-11-7-8-14-10-13(3)15-6-4-5-12(2)17(15)16(14)9-11/h4-10H,1-3H3. The maximum Gasteiger partial charge on any atom is -0.00734 e. The van der Waals surface area contributed by atoms with Crippen LogP contribution in [0, 0.1) is 20.8 Å². The molecular formula is C17H16. The van der Waals surface area contributed by atoms with Crippen molar-refractivity contribution in [1.29, 1.82) is 0 Å². The highest BCUT2D eigenvalue weighted by Gasteiger charge is 2.05. The highest BCUT2D eigenvalue weighted by atomic mass is 14.1. The molecule has 17 heavy (non-hydrogen) atoms. The largest absolute Gasteiger partial charge is 0.0614 e. The number of fused-ring (bicyclic) bond motifs is 3. The van der Waals surface area contributed by atoms with Gasteiger partial charge in [-0.05, 0) is 53.4 Å². The molecule has 0 bridgehead atoms. The second-order valence-corrected chi connectivity index (χ2v) is 4.92. The Bertz CT molecular complexity index is 721. The Morgan fingerprint density at radius 1 is 0.706 bits per heavy atom. The summed E-state index contributed by atoms with van der Waals surface area (Å²) in [6.07, 6.45) is 0. The van der Waals surface area contributed by atoms with Gasteiger partial charge in [0.25, 0.3) is 0 Å². The zero-order chi connectivity index (χ0) is 12.0. The Morgan fingerprint density at radius 2 is 1.53 bits per heavy atom. The van der Waals surface area contributed by atoms with Crippen LogP contribution in [-0.2, 0) is 0 Å². The van der Waals surface area contributed by atoms with Crippen molar-refractivity contribution in [3.8, 4) is 0 Å². The third-order valence-corrected chi connectivity index (χ3v) is 3.55. The summed E-state index contributed by atoms with van der Waals surface area (Å²) >= 11 is 0. The van der Waals surface area contributed by atoms with Crippen LogP contribution in [0.2, 0.25) is 0 Å². The normalized spacial score (nSPS) is 11.2. The average molecular weight is 220 g/mol. The van der Waals surface area contributed by atoms with Crippen molar-refractivity contribution in [2.45, 2.75) is 20.8 Å². The number of aryl methyl sites for hydroxylation is 3. The molecule has 0 nitrogen and oxygen atoms in total. The van der Waals surface area contributed by atoms with Crippen LogP contribution in [0.1, 0.15) is 16.7 Å². The Labute approximate surface area is 102 Å². The number of hydrogen-bond acceptors (Lipinski definition) is 0. The van der Waals surface area contributed by atoms with Crippen molar-refractivity contribution in [2.24, 2.45) is 0 Å². The minimum atomic E-state index is 1.32. The predicted octanol–water partition coefficient (Wildman–Crippen LogP) is 4.92. The zero-order valence-corrected chi connectivity index (χ0v) is 10.5. The molecule has 0 heterocycles. The fourth-order valence-corrected chi connectivity index (χ4v) is 2.68. The lowest BCUT2D eigenvalue weighted by molar-refractivity contribution is 1.48. The van der Waals surface area contributed by atoms with Crippen molar-refractivity contribution >= 4 is 21.5 Å². The van der Waals surface area contributed by atoms with Crippen molar-refractivity contribution in [3.63, 3.8) is 0 Å². The fourth-order valence-electron chi connectivity index (χ4n) is 2.68. The Morgan fingerprint density at radius 3 is 2.35 bits per heavy atom. The van der Waals surface area contributed by atoms with Gasteiger partial charge in [-0.15, -0.1) is 0 Å². The third kappa shape index (κ3) is 1.52. The lowest BCUT2D eigenvalue weighted by Crippen LogP contribution is -1.86. The molecule has 3 rings (SSSR count). The second-order valence-electron chi connectivity index (χ2n) is 4.92. The van der Waals surface area contributed by atoms with Crippen LogP contribution >= 0.6 is 0 Å². The highest BCUT2D eigenvalue weighted by Crippen LogP contribution is 2.31. The van der Waals surface area contributed by atoms with E-state index in [-0.39, 0.29) is 0 Å². The van der Waals surface area contributed by atoms with Gasteiger partial charge < -0.3 is 0 Å². The van der Waals surface area contributed by atoms with Crippen LogP contribution < -0.4 is 0 Å². The van der Waals surface area contributed by atoms with Crippen LogP contribution in [0.15, 0.2) is 42.5 Å². The van der Waals surface area contributed by atoms with Gasteiger partial charge in [0.1, 0.15) is 0 Å². The van der Waals surface area contributed by atoms with Gasteiger partial charge >= 0.3 is 0 Å². The minimum Gasteiger partial charge on any atom is -0.0614 e. The van der Waals surface area contributed by atoms with Crippen molar-refractivity contribution in [2.75, 3.05) is 0 Å². The molecule has 3 aromatic carbocycles. The molecule has 0 unspecified atom stereocenters. The Balaban J connectivity index is 2.65. The van der Waals surface area contributed by atoms with Gasteiger partial charge in [0.05, 0.1) is 0 Å². The van der Waals surface area contributed by atoms with Gasteiger partial charge in [-0.25, -0.2) is 0 Å². The first-order chi connectivity index (χ1) is 8.16. The van der Waals surface area contributed by atoms with E-state index in [2.05, 4.69) is 63.2 Å². The van der Waals surface area contributed by atoms with E-state index in [1.54, 1.807) is 0 Å². The van der Waals surface area contributed by atoms with E-state index in [4.69, 9.17) is 0 Å². The molecule has 0 aliphatic heterocycles. The zero-order valence-electron chi connectivity index (χ0n) is 10.5. The van der Waals surface area contributed by atoms with E-state index in [0.29, 0.717) is 0 Å². The summed E-state index contributed by atoms with van der Waals surface area (Å²) in [5.74, 6) is 0. The molecule has 0 heteroatoms. The van der Waals surface area contributed by atoms with E-state index >= 15 is 0 Å². The van der Waals surface area contributed by atoms with Crippen molar-refractivity contribution in [3.05, 3.63) is 59.2 Å². The molecule has 3 aromatic rings. The number of benzene rings is 3. The molecule has 0 aliphatic carbocycles. The fraction of sp³-hybridized carbons (Fsp3) is 0.176. The molecule has 0 fully saturated rings. The maximum absolute atomic E-state index is 2.30. The van der Waals surface area contributed by atoms with Crippen LogP contribution in [0.5, 0.6) is 0 Å². The molecule has 0 spiro atoms. The number of rotatable bonds is 0. The summed E-state index contributed by atoms with van der Waals surface area (Å²) in [5.41, 5.74) is 4.05. The SMILES string of the molecule is Cc1ccc2cc(C)c3cccc(C)c3c2c1. The van der Waals surface area contributed by atoms with Crippen LogP contribution in [0.3, 0.4) is 0 Å². The predicted molar refractivity (Wildman–Crippen MR) is 75.7 cm³/mol. The molecular weight excluding hydrogens is 204 g/mol. The van der Waals surface area contributed by atoms with E-state index in [0.717, 1.165) is 0 Å². The van der Waals surface area contributed by atoms with Gasteiger partial charge in [-0.2, -0.15) is 0 Å². The Kier molecular flexibility index (Phi) is 2.19. The molecule has 84 valence electrons. The maximum atomic E-state index is 2.30. The molecule has 0 aromatic heterocycles. The van der Waals surface area contributed by atoms with Gasteiger partial charge in [-0.3, -0.25) is 0 Å². The van der Waals surface area contributed by atoms with Crippen LogP contribution in [0.4, 0.5) is 0 Å². The van der Waals surface area contributed by atoms with Gasteiger partial charge in [0.2, 0.25) is 0 Å². The summed E-state index contributed by atoms with van der Waals surface area (Å²) in [5, 5.41) is 5.51. The summed E-state index contributed by atoms with van der Waals surface area (Å²) in [4.78, 5) is 0. The molecule has 0 amide bonds. The second kappa shape index (κ2) is 3.59. The lowest BCUT2D eigenvalue weighted by atomic mass is 9.94. The van der Waals surface area contributed by atoms with Crippen molar-refractivity contribution in [1.82, 2.24) is 0 Å². The molecule has 0 atom stereocenters. The van der Waals surface area contributed by atoms with E-state index in [1.807, 2.05) is 0 Å². The van der Waals surface area contributed by atoms with E-state index in [1.165, 1.54) is 38.2 Å². The first-order valence-corrected chi connectivity index (χ1v) is 6.06. The van der Waals surface area contributed by atoms with E-state index in [9.17, 15) is 0 Å².